The SMILES string of the molecule is CCCCCCCCCCCCCC(=O)OCCCOCC. The zero-order valence-electron chi connectivity index (χ0n) is 15.0. The van der Waals surface area contributed by atoms with Gasteiger partial charge in [0.2, 0.25) is 0 Å². The number of hydrogen-bond donors (Lipinski definition) is 0. The van der Waals surface area contributed by atoms with Crippen LogP contribution in [0.25, 0.3) is 0 Å². The molecule has 0 rings (SSSR count). The Kier molecular flexibility index (Phi) is 18.0. The van der Waals surface area contributed by atoms with E-state index in [1.165, 1.54) is 57.8 Å². The van der Waals surface area contributed by atoms with E-state index in [2.05, 4.69) is 6.92 Å². The summed E-state index contributed by atoms with van der Waals surface area (Å²) in [6.45, 7) is 6.14. The second kappa shape index (κ2) is 18.5. The quantitative estimate of drug-likeness (QED) is 0.257. The first-order chi connectivity index (χ1) is 10.8. The Hall–Kier alpha value is -0.570. The van der Waals surface area contributed by atoms with Crippen LogP contribution >= 0.6 is 0 Å². The minimum Gasteiger partial charge on any atom is -0.466 e. The summed E-state index contributed by atoms with van der Waals surface area (Å²) in [5.74, 6) is -0.0487. The zero-order chi connectivity index (χ0) is 16.3. The molecule has 0 saturated heterocycles. The van der Waals surface area contributed by atoms with Crippen molar-refractivity contribution in [2.75, 3.05) is 19.8 Å². The Labute approximate surface area is 138 Å². The van der Waals surface area contributed by atoms with Gasteiger partial charge in [0.05, 0.1) is 6.61 Å². The highest BCUT2D eigenvalue weighted by molar-refractivity contribution is 5.69. The number of carbonyl (C=O) groups excluding carboxylic acids is 1. The van der Waals surface area contributed by atoms with Crippen LogP contribution in [0.1, 0.15) is 97.3 Å². The highest BCUT2D eigenvalue weighted by Crippen LogP contribution is 2.12. The molecule has 0 aliphatic rings. The summed E-state index contributed by atoms with van der Waals surface area (Å²) in [6.07, 6.45) is 15.7. The van der Waals surface area contributed by atoms with Crippen molar-refractivity contribution in [1.82, 2.24) is 0 Å². The van der Waals surface area contributed by atoms with Crippen LogP contribution in [0.3, 0.4) is 0 Å². The van der Waals surface area contributed by atoms with Crippen molar-refractivity contribution >= 4 is 5.97 Å². The van der Waals surface area contributed by atoms with Crippen molar-refractivity contribution in [2.45, 2.75) is 97.3 Å². The molecule has 0 aromatic heterocycles. The van der Waals surface area contributed by atoms with Gasteiger partial charge in [-0.05, 0) is 13.3 Å². The number of carbonyl (C=O) groups is 1. The first-order valence-electron chi connectivity index (χ1n) is 9.54. The predicted molar refractivity (Wildman–Crippen MR) is 93.1 cm³/mol. The van der Waals surface area contributed by atoms with Crippen LogP contribution in [-0.4, -0.2) is 25.8 Å². The average molecular weight is 315 g/mol. The summed E-state index contributed by atoms with van der Waals surface area (Å²) in [4.78, 5) is 11.5. The number of hydrogen-bond acceptors (Lipinski definition) is 3. The minimum atomic E-state index is -0.0487. The summed E-state index contributed by atoms with van der Waals surface area (Å²) in [5, 5.41) is 0. The molecule has 0 aliphatic heterocycles. The van der Waals surface area contributed by atoms with Crippen LogP contribution in [0.4, 0.5) is 0 Å². The lowest BCUT2D eigenvalue weighted by molar-refractivity contribution is -0.144. The lowest BCUT2D eigenvalue weighted by Crippen LogP contribution is -2.07. The van der Waals surface area contributed by atoms with Gasteiger partial charge in [0.25, 0.3) is 0 Å². The molecule has 0 aliphatic carbocycles. The fourth-order valence-electron chi connectivity index (χ4n) is 2.50. The first-order valence-corrected chi connectivity index (χ1v) is 9.54. The third-order valence-corrected chi connectivity index (χ3v) is 3.88. The fourth-order valence-corrected chi connectivity index (χ4v) is 2.50. The van der Waals surface area contributed by atoms with Crippen molar-refractivity contribution in [3.8, 4) is 0 Å². The van der Waals surface area contributed by atoms with E-state index in [-0.39, 0.29) is 5.97 Å². The Morgan fingerprint density at radius 1 is 0.682 bits per heavy atom. The highest BCUT2D eigenvalue weighted by Gasteiger charge is 2.02. The molecule has 0 N–H and O–H groups in total. The topological polar surface area (TPSA) is 35.5 Å². The van der Waals surface area contributed by atoms with E-state index in [1.54, 1.807) is 0 Å². The van der Waals surface area contributed by atoms with Crippen LogP contribution in [0.2, 0.25) is 0 Å². The molecule has 3 nitrogen and oxygen atoms in total. The summed E-state index contributed by atoms with van der Waals surface area (Å²) in [7, 11) is 0. The van der Waals surface area contributed by atoms with Gasteiger partial charge < -0.3 is 9.47 Å². The van der Waals surface area contributed by atoms with Crippen LogP contribution < -0.4 is 0 Å². The standard InChI is InChI=1S/C19H38O3/c1-3-5-6-7-8-9-10-11-12-13-14-16-19(20)22-18-15-17-21-4-2/h3-18H2,1-2H3. The predicted octanol–water partition coefficient (Wildman–Crippen LogP) is 5.66. The van der Waals surface area contributed by atoms with E-state index < -0.39 is 0 Å². The maximum atomic E-state index is 11.5. The highest BCUT2D eigenvalue weighted by atomic mass is 16.5. The zero-order valence-corrected chi connectivity index (χ0v) is 15.0. The molecule has 0 aromatic rings. The molecule has 0 bridgehead atoms. The van der Waals surface area contributed by atoms with Crippen LogP contribution in [0.15, 0.2) is 0 Å². The van der Waals surface area contributed by atoms with Gasteiger partial charge in [-0.15, -0.1) is 0 Å². The van der Waals surface area contributed by atoms with Crippen molar-refractivity contribution in [2.24, 2.45) is 0 Å². The summed E-state index contributed by atoms with van der Waals surface area (Å²) in [5.41, 5.74) is 0. The van der Waals surface area contributed by atoms with E-state index in [0.717, 1.165) is 25.9 Å². The lowest BCUT2D eigenvalue weighted by Gasteiger charge is -2.05. The third kappa shape index (κ3) is 17.5. The van der Waals surface area contributed by atoms with Crippen molar-refractivity contribution < 1.29 is 14.3 Å². The molecule has 3 heteroatoms. The molecule has 0 atom stereocenters. The molecular formula is C19H38O3. The minimum absolute atomic E-state index is 0.0487. The largest absolute Gasteiger partial charge is 0.466 e. The van der Waals surface area contributed by atoms with Crippen LogP contribution in [-0.2, 0) is 14.3 Å². The second-order valence-electron chi connectivity index (χ2n) is 6.06. The van der Waals surface area contributed by atoms with Gasteiger partial charge in [0.15, 0.2) is 0 Å². The normalized spacial score (nSPS) is 10.8. The molecule has 22 heavy (non-hydrogen) atoms. The third-order valence-electron chi connectivity index (χ3n) is 3.88. The molecule has 0 unspecified atom stereocenters. The van der Waals surface area contributed by atoms with Crippen LogP contribution in [0.5, 0.6) is 0 Å². The van der Waals surface area contributed by atoms with Gasteiger partial charge >= 0.3 is 5.97 Å². The van der Waals surface area contributed by atoms with Gasteiger partial charge in [-0.3, -0.25) is 4.79 Å². The molecule has 0 amide bonds. The number of rotatable bonds is 17. The first kappa shape index (κ1) is 21.4. The summed E-state index contributed by atoms with van der Waals surface area (Å²) < 4.78 is 10.4. The maximum Gasteiger partial charge on any atom is 0.305 e. The average Bonchev–Trinajstić information content (AvgIpc) is 2.52. The lowest BCUT2D eigenvalue weighted by atomic mass is 10.1. The van der Waals surface area contributed by atoms with E-state index in [9.17, 15) is 4.79 Å². The monoisotopic (exact) mass is 314 g/mol. The van der Waals surface area contributed by atoms with Gasteiger partial charge in [-0.1, -0.05) is 71.1 Å². The van der Waals surface area contributed by atoms with Crippen molar-refractivity contribution in [1.29, 1.82) is 0 Å². The molecule has 0 spiro atoms. The van der Waals surface area contributed by atoms with E-state index >= 15 is 0 Å². The Morgan fingerprint density at radius 2 is 1.23 bits per heavy atom. The Balaban J connectivity index is 3.10. The van der Waals surface area contributed by atoms with E-state index in [0.29, 0.717) is 19.6 Å². The number of esters is 1. The molecule has 0 aromatic carbocycles. The molecule has 0 radical (unpaired) electrons. The van der Waals surface area contributed by atoms with Gasteiger partial charge in [-0.2, -0.15) is 0 Å². The summed E-state index contributed by atoms with van der Waals surface area (Å²) in [6, 6.07) is 0. The molecule has 132 valence electrons. The van der Waals surface area contributed by atoms with Crippen LogP contribution in [0, 0.1) is 0 Å². The molecular weight excluding hydrogens is 276 g/mol. The van der Waals surface area contributed by atoms with Crippen molar-refractivity contribution in [3.05, 3.63) is 0 Å². The number of ether oxygens (including phenoxy) is 2. The summed E-state index contributed by atoms with van der Waals surface area (Å²) >= 11 is 0. The molecule has 0 fully saturated rings. The smallest absolute Gasteiger partial charge is 0.305 e. The maximum absolute atomic E-state index is 11.5. The Bertz CT molecular complexity index is 229. The fraction of sp³-hybridized carbons (Fsp3) is 0.947. The number of unbranched alkanes of at least 4 members (excludes halogenated alkanes) is 10. The molecule has 0 saturated carbocycles. The second-order valence-corrected chi connectivity index (χ2v) is 6.06. The molecule has 0 heterocycles. The Morgan fingerprint density at radius 3 is 1.77 bits per heavy atom. The van der Waals surface area contributed by atoms with Gasteiger partial charge in [0.1, 0.15) is 0 Å². The van der Waals surface area contributed by atoms with Gasteiger partial charge in [0, 0.05) is 26.1 Å². The van der Waals surface area contributed by atoms with E-state index in [1.807, 2.05) is 6.92 Å². The van der Waals surface area contributed by atoms with Crippen molar-refractivity contribution in [3.63, 3.8) is 0 Å². The van der Waals surface area contributed by atoms with Gasteiger partial charge in [-0.25, -0.2) is 0 Å². The van der Waals surface area contributed by atoms with E-state index in [4.69, 9.17) is 9.47 Å².